The summed E-state index contributed by atoms with van der Waals surface area (Å²) in [5.74, 6) is 1.38. The first-order chi connectivity index (χ1) is 11.1. The Morgan fingerprint density at radius 2 is 1.83 bits per heavy atom. The van der Waals surface area contributed by atoms with Crippen LogP contribution in [0.5, 0.6) is 11.6 Å². The second kappa shape index (κ2) is 6.69. The first-order valence-electron chi connectivity index (χ1n) is 7.87. The minimum atomic E-state index is 0.409. The third-order valence-corrected chi connectivity index (χ3v) is 3.55. The van der Waals surface area contributed by atoms with E-state index in [9.17, 15) is 0 Å². The molecule has 3 heteroatoms. The molecule has 0 aliphatic heterocycles. The maximum Gasteiger partial charge on any atom is 0.219 e. The molecule has 0 aliphatic carbocycles. The SMILES string of the molecule is [CH2]Cc1ccc2nc(Oc3ccc(NC(C)C)cc3)ccc2c1. The molecular formula is C20H21N2O. The van der Waals surface area contributed by atoms with Gasteiger partial charge in [-0.15, -0.1) is 0 Å². The fourth-order valence-corrected chi connectivity index (χ4v) is 2.44. The van der Waals surface area contributed by atoms with Gasteiger partial charge in [0.15, 0.2) is 0 Å². The molecule has 117 valence electrons. The standard InChI is InChI=1S/C20H21N2O/c1-4-15-5-11-19-16(13-15)6-12-20(22-19)23-18-9-7-17(8-10-18)21-14(2)3/h5-14,21H,1,4H2,2-3H3. The zero-order chi connectivity index (χ0) is 16.2. The van der Waals surface area contributed by atoms with Gasteiger partial charge in [0.2, 0.25) is 5.88 Å². The molecule has 2 aromatic carbocycles. The quantitative estimate of drug-likeness (QED) is 0.701. The Balaban J connectivity index is 1.78. The number of nitrogens with one attached hydrogen (secondary N) is 1. The monoisotopic (exact) mass is 305 g/mol. The number of aromatic nitrogens is 1. The average molecular weight is 305 g/mol. The van der Waals surface area contributed by atoms with E-state index in [1.165, 1.54) is 5.56 Å². The van der Waals surface area contributed by atoms with Crippen LogP contribution in [0, 0.1) is 6.92 Å². The number of pyridine rings is 1. The Bertz CT molecular complexity index is 794. The Morgan fingerprint density at radius 3 is 2.52 bits per heavy atom. The van der Waals surface area contributed by atoms with Crippen molar-refractivity contribution in [3.63, 3.8) is 0 Å². The minimum absolute atomic E-state index is 0.409. The summed E-state index contributed by atoms with van der Waals surface area (Å²) in [7, 11) is 0. The van der Waals surface area contributed by atoms with Crippen LogP contribution in [-0.4, -0.2) is 11.0 Å². The van der Waals surface area contributed by atoms with E-state index in [0.717, 1.165) is 28.8 Å². The maximum atomic E-state index is 5.85. The molecule has 1 aromatic heterocycles. The normalized spacial score (nSPS) is 11.0. The van der Waals surface area contributed by atoms with Crippen molar-refractivity contribution in [2.75, 3.05) is 5.32 Å². The molecule has 0 bridgehead atoms. The molecule has 0 atom stereocenters. The van der Waals surface area contributed by atoms with Gasteiger partial charge in [-0.2, -0.15) is 0 Å². The largest absolute Gasteiger partial charge is 0.439 e. The first kappa shape index (κ1) is 15.3. The lowest BCUT2D eigenvalue weighted by atomic mass is 10.1. The molecule has 0 unspecified atom stereocenters. The molecule has 0 amide bonds. The second-order valence-corrected chi connectivity index (χ2v) is 5.85. The van der Waals surface area contributed by atoms with Gasteiger partial charge in [0.25, 0.3) is 0 Å². The highest BCUT2D eigenvalue weighted by Crippen LogP contribution is 2.24. The van der Waals surface area contributed by atoms with Gasteiger partial charge in [0, 0.05) is 23.2 Å². The van der Waals surface area contributed by atoms with Gasteiger partial charge in [-0.3, -0.25) is 0 Å². The first-order valence-corrected chi connectivity index (χ1v) is 7.87. The van der Waals surface area contributed by atoms with E-state index in [4.69, 9.17) is 4.74 Å². The van der Waals surface area contributed by atoms with Crippen LogP contribution in [0.3, 0.4) is 0 Å². The number of hydrogen-bond acceptors (Lipinski definition) is 3. The number of fused-ring (bicyclic) bond motifs is 1. The van der Waals surface area contributed by atoms with Gasteiger partial charge in [-0.05, 0) is 75.2 Å². The highest BCUT2D eigenvalue weighted by molar-refractivity contribution is 5.79. The van der Waals surface area contributed by atoms with Crippen LogP contribution < -0.4 is 10.1 Å². The van der Waals surface area contributed by atoms with Gasteiger partial charge >= 0.3 is 0 Å². The number of nitrogens with zero attached hydrogens (tertiary/aromatic N) is 1. The van der Waals surface area contributed by atoms with Crippen molar-refractivity contribution < 1.29 is 4.74 Å². The van der Waals surface area contributed by atoms with Crippen molar-refractivity contribution >= 4 is 16.6 Å². The summed E-state index contributed by atoms with van der Waals surface area (Å²) in [6, 6.07) is 18.4. The van der Waals surface area contributed by atoms with Crippen molar-refractivity contribution in [2.24, 2.45) is 0 Å². The van der Waals surface area contributed by atoms with Crippen LogP contribution in [0.2, 0.25) is 0 Å². The summed E-state index contributed by atoms with van der Waals surface area (Å²) in [6.45, 7) is 8.14. The predicted molar refractivity (Wildman–Crippen MR) is 96.1 cm³/mol. The van der Waals surface area contributed by atoms with E-state index in [-0.39, 0.29) is 0 Å². The number of hydrogen-bond donors (Lipinski definition) is 1. The summed E-state index contributed by atoms with van der Waals surface area (Å²) < 4.78 is 5.85. The highest BCUT2D eigenvalue weighted by Gasteiger charge is 2.03. The fraction of sp³-hybridized carbons (Fsp3) is 0.200. The van der Waals surface area contributed by atoms with E-state index in [2.05, 4.69) is 43.2 Å². The lowest BCUT2D eigenvalue weighted by molar-refractivity contribution is 0.465. The summed E-state index contributed by atoms with van der Waals surface area (Å²) in [5.41, 5.74) is 3.22. The smallest absolute Gasteiger partial charge is 0.219 e. The van der Waals surface area contributed by atoms with Crippen LogP contribution in [0.1, 0.15) is 19.4 Å². The average Bonchev–Trinajstić information content (AvgIpc) is 2.55. The molecule has 3 aromatic rings. The molecule has 3 rings (SSSR count). The molecule has 3 nitrogen and oxygen atoms in total. The third-order valence-electron chi connectivity index (χ3n) is 3.55. The lowest BCUT2D eigenvalue weighted by Crippen LogP contribution is -2.09. The van der Waals surface area contributed by atoms with Crippen molar-refractivity contribution in [1.29, 1.82) is 0 Å². The van der Waals surface area contributed by atoms with Gasteiger partial charge in [-0.1, -0.05) is 6.07 Å². The molecule has 0 spiro atoms. The molecule has 23 heavy (non-hydrogen) atoms. The van der Waals surface area contributed by atoms with E-state index in [1.54, 1.807) is 0 Å². The van der Waals surface area contributed by atoms with Crippen molar-refractivity contribution in [2.45, 2.75) is 26.3 Å². The van der Waals surface area contributed by atoms with Crippen LogP contribution >= 0.6 is 0 Å². The number of rotatable bonds is 5. The summed E-state index contributed by atoms with van der Waals surface area (Å²) >= 11 is 0. The number of anilines is 1. The molecule has 0 fully saturated rings. The van der Waals surface area contributed by atoms with Crippen molar-refractivity contribution in [1.82, 2.24) is 4.98 Å². The van der Waals surface area contributed by atoms with Gasteiger partial charge < -0.3 is 10.1 Å². The molecular weight excluding hydrogens is 284 g/mol. The molecule has 0 saturated heterocycles. The predicted octanol–water partition coefficient (Wildman–Crippen LogP) is 5.22. The van der Waals surface area contributed by atoms with Gasteiger partial charge in [-0.25, -0.2) is 4.98 Å². The fourth-order valence-electron chi connectivity index (χ4n) is 2.44. The van der Waals surface area contributed by atoms with Crippen molar-refractivity contribution in [3.8, 4) is 11.6 Å². The van der Waals surface area contributed by atoms with Gasteiger partial charge in [0.05, 0.1) is 5.52 Å². The topological polar surface area (TPSA) is 34.1 Å². The van der Waals surface area contributed by atoms with E-state index < -0.39 is 0 Å². The highest BCUT2D eigenvalue weighted by atomic mass is 16.5. The summed E-state index contributed by atoms with van der Waals surface area (Å²) in [4.78, 5) is 4.56. The zero-order valence-corrected chi connectivity index (χ0v) is 13.5. The van der Waals surface area contributed by atoms with Crippen LogP contribution in [0.4, 0.5) is 5.69 Å². The van der Waals surface area contributed by atoms with Crippen molar-refractivity contribution in [3.05, 3.63) is 67.1 Å². The Kier molecular flexibility index (Phi) is 4.47. The molecule has 1 heterocycles. The number of benzene rings is 2. The molecule has 0 saturated carbocycles. The van der Waals surface area contributed by atoms with Gasteiger partial charge in [0.1, 0.15) is 5.75 Å². The summed E-state index contributed by atoms with van der Waals surface area (Å²) in [5, 5.41) is 4.46. The molecule has 0 aliphatic rings. The van der Waals surface area contributed by atoms with E-state index in [0.29, 0.717) is 11.9 Å². The number of ether oxygens (including phenoxy) is 1. The minimum Gasteiger partial charge on any atom is -0.439 e. The van der Waals surface area contributed by atoms with E-state index in [1.807, 2.05) is 42.5 Å². The Labute approximate surface area is 137 Å². The second-order valence-electron chi connectivity index (χ2n) is 5.85. The zero-order valence-electron chi connectivity index (χ0n) is 13.5. The Morgan fingerprint density at radius 1 is 1.04 bits per heavy atom. The van der Waals surface area contributed by atoms with Crippen LogP contribution in [0.15, 0.2) is 54.6 Å². The summed E-state index contributed by atoms with van der Waals surface area (Å²) in [6.07, 6.45) is 0.783. The molecule has 1 radical (unpaired) electrons. The third kappa shape index (κ3) is 3.81. The maximum absolute atomic E-state index is 5.85. The lowest BCUT2D eigenvalue weighted by Gasteiger charge is -2.11. The van der Waals surface area contributed by atoms with Crippen LogP contribution in [-0.2, 0) is 6.42 Å². The van der Waals surface area contributed by atoms with E-state index >= 15 is 0 Å². The molecule has 1 N–H and O–H groups in total. The van der Waals surface area contributed by atoms with Crippen LogP contribution in [0.25, 0.3) is 10.9 Å². The Hall–Kier alpha value is -2.55.